The van der Waals surface area contributed by atoms with E-state index < -0.39 is 5.60 Å². The van der Waals surface area contributed by atoms with Gasteiger partial charge in [-0.05, 0) is 67.9 Å². The maximum Gasteiger partial charge on any atom is 0.415 e. The number of ether oxygens (including phenoxy) is 1. The molecule has 2 aromatic heterocycles. The summed E-state index contributed by atoms with van der Waals surface area (Å²) in [6, 6.07) is 9.53. The fourth-order valence-electron chi connectivity index (χ4n) is 5.42. The minimum atomic E-state index is -0.523. The standard InChI is InChI=1S/C24H24ClN5O2/c1-16-8-21(25)27-11-20(16)30-14-24(32-22(30)31)7-3-6-23(2,12-24)13-29-15-28-18-5-4-17(10-26)9-19(18)29/h4-5,8-9,11,15H,3,6-7,12-14H2,1-2H3/t23-,24-/m0/s1. The summed E-state index contributed by atoms with van der Waals surface area (Å²) in [6.07, 6.45) is 6.77. The number of imidazole rings is 1. The van der Waals surface area contributed by atoms with Gasteiger partial charge in [-0.3, -0.25) is 4.90 Å². The number of pyridine rings is 1. The quantitative estimate of drug-likeness (QED) is 0.510. The first-order valence-corrected chi connectivity index (χ1v) is 11.2. The Morgan fingerprint density at radius 2 is 2.12 bits per heavy atom. The Kier molecular flexibility index (Phi) is 4.86. The van der Waals surface area contributed by atoms with Gasteiger partial charge in [-0.15, -0.1) is 0 Å². The lowest BCUT2D eigenvalue weighted by molar-refractivity contribution is -0.0264. The van der Waals surface area contributed by atoms with E-state index in [1.165, 1.54) is 0 Å². The topological polar surface area (TPSA) is 84.0 Å². The van der Waals surface area contributed by atoms with E-state index in [0.717, 1.165) is 54.5 Å². The number of nitriles is 1. The third-order valence-electron chi connectivity index (χ3n) is 6.77. The van der Waals surface area contributed by atoms with Gasteiger partial charge in [0.15, 0.2) is 0 Å². The van der Waals surface area contributed by atoms with Gasteiger partial charge in [0, 0.05) is 6.54 Å². The molecule has 32 heavy (non-hydrogen) atoms. The van der Waals surface area contributed by atoms with Crippen molar-refractivity contribution in [1.29, 1.82) is 5.26 Å². The molecule has 7 nitrogen and oxygen atoms in total. The zero-order valence-electron chi connectivity index (χ0n) is 18.1. The highest BCUT2D eigenvalue weighted by Gasteiger charge is 2.52. The van der Waals surface area contributed by atoms with Crippen LogP contribution in [0.1, 0.15) is 43.7 Å². The largest absolute Gasteiger partial charge is 0.441 e. The highest BCUT2D eigenvalue weighted by Crippen LogP contribution is 2.48. The second-order valence-corrected chi connectivity index (χ2v) is 9.85. The van der Waals surface area contributed by atoms with E-state index in [4.69, 9.17) is 16.3 Å². The molecule has 0 N–H and O–H groups in total. The van der Waals surface area contributed by atoms with Crippen LogP contribution in [0.2, 0.25) is 5.15 Å². The van der Waals surface area contributed by atoms with Crippen LogP contribution in [0.15, 0.2) is 36.8 Å². The summed E-state index contributed by atoms with van der Waals surface area (Å²) in [4.78, 5) is 23.2. The Hall–Kier alpha value is -3.11. The Morgan fingerprint density at radius 1 is 1.28 bits per heavy atom. The second-order valence-electron chi connectivity index (χ2n) is 9.46. The molecule has 2 fully saturated rings. The average molecular weight is 450 g/mol. The van der Waals surface area contributed by atoms with E-state index in [1.807, 2.05) is 25.4 Å². The summed E-state index contributed by atoms with van der Waals surface area (Å²) < 4.78 is 8.16. The van der Waals surface area contributed by atoms with Crippen molar-refractivity contribution < 1.29 is 9.53 Å². The number of nitrogens with zero attached hydrogens (tertiary/aromatic N) is 5. The third-order valence-corrected chi connectivity index (χ3v) is 6.98. The normalized spacial score (nSPS) is 25.3. The Balaban J connectivity index is 1.40. The van der Waals surface area contributed by atoms with Crippen molar-refractivity contribution in [3.05, 3.63) is 53.1 Å². The van der Waals surface area contributed by atoms with Crippen molar-refractivity contribution in [2.24, 2.45) is 5.41 Å². The Bertz CT molecular complexity index is 1260. The van der Waals surface area contributed by atoms with Crippen molar-refractivity contribution in [2.45, 2.75) is 51.7 Å². The van der Waals surface area contributed by atoms with Gasteiger partial charge in [0.1, 0.15) is 10.8 Å². The van der Waals surface area contributed by atoms with Crippen LogP contribution in [0.4, 0.5) is 10.5 Å². The van der Waals surface area contributed by atoms with Gasteiger partial charge in [0.25, 0.3) is 0 Å². The van der Waals surface area contributed by atoms with Crippen LogP contribution in [0.25, 0.3) is 11.0 Å². The molecule has 1 aliphatic carbocycles. The van der Waals surface area contributed by atoms with Crippen LogP contribution in [0, 0.1) is 23.7 Å². The number of benzene rings is 1. The van der Waals surface area contributed by atoms with Crippen LogP contribution >= 0.6 is 11.6 Å². The van der Waals surface area contributed by atoms with E-state index in [1.54, 1.807) is 23.2 Å². The molecule has 0 radical (unpaired) electrons. The molecule has 1 saturated heterocycles. The SMILES string of the molecule is Cc1cc(Cl)ncc1N1C[C@@]2(CCC[C@](C)(Cn3cnc4ccc(C#N)cc43)C2)OC1=O. The van der Waals surface area contributed by atoms with E-state index >= 15 is 0 Å². The maximum atomic E-state index is 12.9. The van der Waals surface area contributed by atoms with Gasteiger partial charge in [0.2, 0.25) is 0 Å². The lowest BCUT2D eigenvalue weighted by Crippen LogP contribution is -2.45. The first-order valence-electron chi connectivity index (χ1n) is 10.8. The Morgan fingerprint density at radius 3 is 2.91 bits per heavy atom. The molecule has 1 aliphatic heterocycles. The molecule has 2 atom stereocenters. The minimum absolute atomic E-state index is 0.0713. The third kappa shape index (κ3) is 3.59. The van der Waals surface area contributed by atoms with Crippen molar-refractivity contribution in [1.82, 2.24) is 14.5 Å². The average Bonchev–Trinajstić information content (AvgIpc) is 3.27. The van der Waals surface area contributed by atoms with Gasteiger partial charge in [-0.2, -0.15) is 5.26 Å². The van der Waals surface area contributed by atoms with Crippen LogP contribution in [-0.4, -0.2) is 32.8 Å². The van der Waals surface area contributed by atoms with E-state index in [9.17, 15) is 10.1 Å². The van der Waals surface area contributed by atoms with Gasteiger partial charge in [0.05, 0.1) is 47.4 Å². The summed E-state index contributed by atoms with van der Waals surface area (Å²) in [5.74, 6) is 0. The van der Waals surface area contributed by atoms with Crippen molar-refractivity contribution in [3.63, 3.8) is 0 Å². The maximum absolute atomic E-state index is 12.9. The van der Waals surface area contributed by atoms with E-state index in [2.05, 4.69) is 27.5 Å². The number of hydrogen-bond donors (Lipinski definition) is 0. The lowest BCUT2D eigenvalue weighted by Gasteiger charge is -2.43. The van der Waals surface area contributed by atoms with E-state index in [0.29, 0.717) is 17.3 Å². The Labute approximate surface area is 191 Å². The van der Waals surface area contributed by atoms with Gasteiger partial charge < -0.3 is 9.30 Å². The summed E-state index contributed by atoms with van der Waals surface area (Å²) in [7, 11) is 0. The molecule has 5 rings (SSSR count). The molecule has 1 spiro atoms. The number of anilines is 1. The fraction of sp³-hybridized carbons (Fsp3) is 0.417. The smallest absolute Gasteiger partial charge is 0.415 e. The summed E-state index contributed by atoms with van der Waals surface area (Å²) in [6.45, 7) is 5.43. The number of carbonyl (C=O) groups excluding carboxylic acids is 1. The number of rotatable bonds is 3. The zero-order valence-corrected chi connectivity index (χ0v) is 18.9. The van der Waals surface area contributed by atoms with Crippen LogP contribution in [-0.2, 0) is 11.3 Å². The van der Waals surface area contributed by atoms with Crippen molar-refractivity contribution >= 4 is 34.4 Å². The lowest BCUT2D eigenvalue weighted by atomic mass is 9.68. The number of carbonyl (C=O) groups is 1. The molecular weight excluding hydrogens is 426 g/mol. The van der Waals surface area contributed by atoms with Gasteiger partial charge in [-0.25, -0.2) is 14.8 Å². The summed E-state index contributed by atoms with van der Waals surface area (Å²) in [5, 5.41) is 9.68. The highest BCUT2D eigenvalue weighted by molar-refractivity contribution is 6.29. The fourth-order valence-corrected chi connectivity index (χ4v) is 5.63. The molecular formula is C24H24ClN5O2. The number of halogens is 1. The minimum Gasteiger partial charge on any atom is -0.441 e. The number of aryl methyl sites for hydroxylation is 1. The molecule has 1 saturated carbocycles. The number of hydrogen-bond acceptors (Lipinski definition) is 5. The molecule has 3 aromatic rings. The predicted octanol–water partition coefficient (Wildman–Crippen LogP) is 5.24. The van der Waals surface area contributed by atoms with Crippen molar-refractivity contribution in [2.75, 3.05) is 11.4 Å². The highest BCUT2D eigenvalue weighted by atomic mass is 35.5. The molecule has 1 aromatic carbocycles. The van der Waals surface area contributed by atoms with Crippen molar-refractivity contribution in [3.8, 4) is 6.07 Å². The molecule has 2 aliphatic rings. The molecule has 1 amide bonds. The van der Waals surface area contributed by atoms with Gasteiger partial charge in [-0.1, -0.05) is 18.5 Å². The molecule has 3 heterocycles. The number of aromatic nitrogens is 3. The predicted molar refractivity (Wildman–Crippen MR) is 122 cm³/mol. The van der Waals surface area contributed by atoms with Gasteiger partial charge >= 0.3 is 6.09 Å². The number of amides is 1. The molecule has 164 valence electrons. The molecule has 0 unspecified atom stereocenters. The first kappa shape index (κ1) is 20.8. The molecule has 0 bridgehead atoms. The monoisotopic (exact) mass is 449 g/mol. The van der Waals surface area contributed by atoms with Crippen LogP contribution in [0.5, 0.6) is 0 Å². The summed E-state index contributed by atoms with van der Waals surface area (Å²) in [5.41, 5.74) is 3.50. The zero-order chi connectivity index (χ0) is 22.5. The number of fused-ring (bicyclic) bond motifs is 1. The molecule has 8 heteroatoms. The van der Waals surface area contributed by atoms with E-state index in [-0.39, 0.29) is 11.5 Å². The van der Waals surface area contributed by atoms with Crippen LogP contribution < -0.4 is 4.90 Å². The second kappa shape index (κ2) is 7.49. The first-order chi connectivity index (χ1) is 15.3. The van der Waals surface area contributed by atoms with Crippen LogP contribution in [0.3, 0.4) is 0 Å². The summed E-state index contributed by atoms with van der Waals surface area (Å²) >= 11 is 6.00.